The average molecular weight is 170 g/mol. The molecule has 0 aliphatic carbocycles. The summed E-state index contributed by atoms with van der Waals surface area (Å²) in [6.45, 7) is 0.577. The van der Waals surface area contributed by atoms with E-state index < -0.39 is 18.8 Å². The average Bonchev–Trinajstić information content (AvgIpc) is 1.87. The quantitative estimate of drug-likeness (QED) is 0.451. The minimum absolute atomic E-state index is 0.0417. The summed E-state index contributed by atoms with van der Waals surface area (Å²) in [6, 6.07) is 0. The van der Waals surface area contributed by atoms with E-state index in [1.54, 1.807) is 0 Å². The van der Waals surface area contributed by atoms with Gasteiger partial charge in [-0.1, -0.05) is 19.1 Å². The second kappa shape index (κ2) is 4.36. The molecule has 0 aromatic rings. The minimum atomic E-state index is -4.24. The van der Waals surface area contributed by atoms with Crippen molar-refractivity contribution in [2.75, 3.05) is 6.67 Å². The predicted octanol–water partition coefficient (Wildman–Crippen LogP) is 3.10. The van der Waals surface area contributed by atoms with Crippen LogP contribution in [0.2, 0.25) is 0 Å². The van der Waals surface area contributed by atoms with Crippen LogP contribution in [0.5, 0.6) is 0 Å². The Morgan fingerprint density at radius 2 is 1.91 bits per heavy atom. The van der Waals surface area contributed by atoms with Crippen molar-refractivity contribution in [3.8, 4) is 0 Å². The van der Waals surface area contributed by atoms with Crippen molar-refractivity contribution in [1.29, 1.82) is 0 Å². The predicted molar refractivity (Wildman–Crippen MR) is 35.0 cm³/mol. The van der Waals surface area contributed by atoms with Crippen molar-refractivity contribution in [3.05, 3.63) is 12.2 Å². The molecule has 1 unspecified atom stereocenters. The summed E-state index contributed by atoms with van der Waals surface area (Å²) in [5.74, 6) is -1.50. The maximum atomic E-state index is 11.9. The Kier molecular flexibility index (Phi) is 4.15. The molecule has 0 N–H and O–H groups in total. The Morgan fingerprint density at radius 1 is 1.36 bits per heavy atom. The van der Waals surface area contributed by atoms with Gasteiger partial charge in [0.25, 0.3) is 0 Å². The van der Waals surface area contributed by atoms with Gasteiger partial charge in [-0.25, -0.2) is 4.39 Å². The Labute approximate surface area is 62.9 Å². The molecule has 0 saturated carbocycles. The van der Waals surface area contributed by atoms with Crippen molar-refractivity contribution in [1.82, 2.24) is 0 Å². The Morgan fingerprint density at radius 3 is 2.18 bits per heavy atom. The SMILES string of the molecule is CCC(C=CCF)C(F)(F)F. The molecule has 0 aromatic heterocycles. The summed E-state index contributed by atoms with van der Waals surface area (Å²) in [5.41, 5.74) is 0. The maximum absolute atomic E-state index is 11.9. The topological polar surface area (TPSA) is 0 Å². The molecule has 0 bridgehead atoms. The molecule has 0 saturated heterocycles. The third kappa shape index (κ3) is 4.01. The fourth-order valence-corrected chi connectivity index (χ4v) is 0.692. The molecule has 0 spiro atoms. The van der Waals surface area contributed by atoms with Crippen LogP contribution in [0, 0.1) is 5.92 Å². The Bertz CT molecular complexity index is 125. The zero-order valence-corrected chi connectivity index (χ0v) is 6.16. The van der Waals surface area contributed by atoms with E-state index >= 15 is 0 Å². The van der Waals surface area contributed by atoms with E-state index in [2.05, 4.69) is 0 Å². The molecule has 0 aromatic carbocycles. The van der Waals surface area contributed by atoms with Gasteiger partial charge in [0.2, 0.25) is 0 Å². The summed E-state index contributed by atoms with van der Waals surface area (Å²) >= 11 is 0. The van der Waals surface area contributed by atoms with E-state index in [1.165, 1.54) is 6.92 Å². The second-order valence-corrected chi connectivity index (χ2v) is 2.14. The first kappa shape index (κ1) is 10.5. The molecule has 0 aliphatic heterocycles. The number of rotatable bonds is 3. The lowest BCUT2D eigenvalue weighted by atomic mass is 10.1. The highest BCUT2D eigenvalue weighted by Gasteiger charge is 2.35. The summed E-state index contributed by atoms with van der Waals surface area (Å²) in [7, 11) is 0. The highest BCUT2D eigenvalue weighted by molar-refractivity contribution is 4.91. The van der Waals surface area contributed by atoms with Gasteiger partial charge < -0.3 is 0 Å². The van der Waals surface area contributed by atoms with Gasteiger partial charge in [-0.3, -0.25) is 0 Å². The van der Waals surface area contributed by atoms with Crippen LogP contribution < -0.4 is 0 Å². The normalized spacial score (nSPS) is 15.7. The van der Waals surface area contributed by atoms with Crippen LogP contribution in [-0.2, 0) is 0 Å². The largest absolute Gasteiger partial charge is 0.395 e. The molecular weight excluding hydrogens is 160 g/mol. The maximum Gasteiger partial charge on any atom is 0.395 e. The lowest BCUT2D eigenvalue weighted by Crippen LogP contribution is -2.19. The van der Waals surface area contributed by atoms with Gasteiger partial charge >= 0.3 is 6.18 Å². The molecule has 4 heteroatoms. The number of hydrogen-bond acceptors (Lipinski definition) is 0. The van der Waals surface area contributed by atoms with Gasteiger partial charge in [-0.15, -0.1) is 0 Å². The van der Waals surface area contributed by atoms with E-state index in [-0.39, 0.29) is 6.42 Å². The number of allylic oxidation sites excluding steroid dienone is 2. The van der Waals surface area contributed by atoms with E-state index in [0.29, 0.717) is 0 Å². The van der Waals surface area contributed by atoms with E-state index in [4.69, 9.17) is 0 Å². The summed E-state index contributed by atoms with van der Waals surface area (Å²) in [6.07, 6.45) is -2.53. The molecule has 66 valence electrons. The first-order valence-electron chi connectivity index (χ1n) is 3.31. The van der Waals surface area contributed by atoms with Crippen LogP contribution in [0.4, 0.5) is 17.6 Å². The molecule has 11 heavy (non-hydrogen) atoms. The van der Waals surface area contributed by atoms with Crippen LogP contribution in [-0.4, -0.2) is 12.9 Å². The van der Waals surface area contributed by atoms with Crippen LogP contribution >= 0.6 is 0 Å². The molecule has 0 nitrogen and oxygen atoms in total. The molecule has 0 heterocycles. The molecule has 0 fully saturated rings. The molecular formula is C7H10F4. The van der Waals surface area contributed by atoms with Crippen molar-refractivity contribution >= 4 is 0 Å². The highest BCUT2D eigenvalue weighted by Crippen LogP contribution is 2.29. The monoisotopic (exact) mass is 170 g/mol. The van der Waals surface area contributed by atoms with Crippen molar-refractivity contribution < 1.29 is 17.6 Å². The van der Waals surface area contributed by atoms with Crippen molar-refractivity contribution in [2.45, 2.75) is 19.5 Å². The number of alkyl halides is 4. The van der Waals surface area contributed by atoms with Crippen LogP contribution in [0.3, 0.4) is 0 Å². The zero-order chi connectivity index (χ0) is 8.91. The highest BCUT2D eigenvalue weighted by atomic mass is 19.4. The van der Waals surface area contributed by atoms with Gasteiger partial charge in [0.15, 0.2) is 0 Å². The Hall–Kier alpha value is -0.540. The standard InChI is InChI=1S/C7H10F4/c1-2-6(4-3-5-8)7(9,10)11/h3-4,6H,2,5H2,1H3. The molecule has 1 atom stereocenters. The van der Waals surface area contributed by atoms with Crippen molar-refractivity contribution in [2.24, 2.45) is 5.92 Å². The summed E-state index contributed by atoms with van der Waals surface area (Å²) in [4.78, 5) is 0. The van der Waals surface area contributed by atoms with Crippen LogP contribution in [0.25, 0.3) is 0 Å². The van der Waals surface area contributed by atoms with Gasteiger partial charge in [0, 0.05) is 0 Å². The van der Waals surface area contributed by atoms with E-state index in [1.807, 2.05) is 0 Å². The van der Waals surface area contributed by atoms with Crippen LogP contribution in [0.1, 0.15) is 13.3 Å². The molecule has 0 radical (unpaired) electrons. The van der Waals surface area contributed by atoms with Crippen LogP contribution in [0.15, 0.2) is 12.2 Å². The minimum Gasteiger partial charge on any atom is -0.247 e. The van der Waals surface area contributed by atoms with E-state index in [0.717, 1.165) is 12.2 Å². The number of hydrogen-bond donors (Lipinski definition) is 0. The fraction of sp³-hybridized carbons (Fsp3) is 0.714. The molecule has 0 aliphatic rings. The first-order valence-corrected chi connectivity index (χ1v) is 3.31. The van der Waals surface area contributed by atoms with Gasteiger partial charge in [-0.05, 0) is 6.42 Å². The summed E-state index contributed by atoms with van der Waals surface area (Å²) in [5, 5.41) is 0. The second-order valence-electron chi connectivity index (χ2n) is 2.14. The molecule has 0 amide bonds. The lowest BCUT2D eigenvalue weighted by molar-refractivity contribution is -0.161. The van der Waals surface area contributed by atoms with Gasteiger partial charge in [0.05, 0.1) is 5.92 Å². The third-order valence-electron chi connectivity index (χ3n) is 1.32. The third-order valence-corrected chi connectivity index (χ3v) is 1.32. The summed E-state index contributed by atoms with van der Waals surface area (Å²) < 4.78 is 47.0. The lowest BCUT2D eigenvalue weighted by Gasteiger charge is -2.13. The first-order chi connectivity index (χ1) is 5.02. The fourth-order valence-electron chi connectivity index (χ4n) is 0.692. The van der Waals surface area contributed by atoms with Gasteiger partial charge in [-0.2, -0.15) is 13.2 Å². The number of halogens is 4. The van der Waals surface area contributed by atoms with Crippen molar-refractivity contribution in [3.63, 3.8) is 0 Å². The smallest absolute Gasteiger partial charge is 0.247 e. The molecule has 0 rings (SSSR count). The Balaban J connectivity index is 4.06. The zero-order valence-electron chi connectivity index (χ0n) is 6.16. The van der Waals surface area contributed by atoms with E-state index in [9.17, 15) is 17.6 Å². The van der Waals surface area contributed by atoms with Gasteiger partial charge in [0.1, 0.15) is 6.67 Å².